The van der Waals surface area contributed by atoms with E-state index < -0.39 is 0 Å². The van der Waals surface area contributed by atoms with Gasteiger partial charge in [-0.25, -0.2) is 0 Å². The van der Waals surface area contributed by atoms with Crippen molar-refractivity contribution in [2.24, 2.45) is 5.92 Å². The van der Waals surface area contributed by atoms with Crippen LogP contribution in [0.4, 0.5) is 0 Å². The normalized spacial score (nSPS) is 17.4. The molecule has 0 fully saturated rings. The van der Waals surface area contributed by atoms with Crippen molar-refractivity contribution in [1.82, 2.24) is 0 Å². The third-order valence-corrected chi connectivity index (χ3v) is 3.90. The largest absolute Gasteiger partial charge is 0.293 e. The predicted octanol–water partition coefficient (Wildman–Crippen LogP) is 4.19. The lowest BCUT2D eigenvalue weighted by Crippen LogP contribution is -2.14. The van der Waals surface area contributed by atoms with Crippen LogP contribution in [0.5, 0.6) is 0 Å². The van der Waals surface area contributed by atoms with Crippen LogP contribution in [0, 0.1) is 17.8 Å². The summed E-state index contributed by atoms with van der Waals surface area (Å²) >= 11 is 0. The maximum atomic E-state index is 12.0. The smallest absolute Gasteiger partial charge is 0.170 e. The third-order valence-electron chi connectivity index (χ3n) is 3.90. The van der Waals surface area contributed by atoms with Gasteiger partial charge in [-0.05, 0) is 36.5 Å². The van der Waals surface area contributed by atoms with E-state index in [1.807, 2.05) is 36.4 Å². The monoisotopic (exact) mass is 286 g/mol. The number of hydrogen-bond donors (Lipinski definition) is 0. The molecule has 1 unspecified atom stereocenters. The van der Waals surface area contributed by atoms with Gasteiger partial charge < -0.3 is 0 Å². The molecular formula is C21H18O. The van der Waals surface area contributed by atoms with E-state index in [0.29, 0.717) is 17.9 Å². The van der Waals surface area contributed by atoms with Gasteiger partial charge in [0.15, 0.2) is 5.78 Å². The number of carbonyl (C=O) groups excluding carboxylic acids is 1. The van der Waals surface area contributed by atoms with E-state index in [2.05, 4.69) is 42.2 Å². The number of Topliss-reactive ketones (excluding diaryl/α,β-unsaturated/α-hetero) is 1. The molecule has 22 heavy (non-hydrogen) atoms. The molecule has 0 aromatic heterocycles. The van der Waals surface area contributed by atoms with Crippen molar-refractivity contribution in [1.29, 1.82) is 0 Å². The molecule has 0 amide bonds. The second-order valence-electron chi connectivity index (χ2n) is 5.61. The fourth-order valence-electron chi connectivity index (χ4n) is 2.71. The number of allylic oxidation sites excluding steroid dienone is 2. The molecule has 1 aliphatic rings. The Morgan fingerprint density at radius 2 is 1.59 bits per heavy atom. The van der Waals surface area contributed by atoms with Gasteiger partial charge in [0.1, 0.15) is 0 Å². The van der Waals surface area contributed by atoms with Crippen molar-refractivity contribution in [2.45, 2.75) is 19.3 Å². The summed E-state index contributed by atoms with van der Waals surface area (Å²) < 4.78 is 0. The van der Waals surface area contributed by atoms with Crippen LogP contribution in [-0.2, 0) is 11.2 Å². The maximum absolute atomic E-state index is 12.0. The van der Waals surface area contributed by atoms with Crippen LogP contribution >= 0.6 is 0 Å². The Bertz CT molecular complexity index is 730. The second-order valence-corrected chi connectivity index (χ2v) is 5.61. The first kappa shape index (κ1) is 14.4. The molecule has 0 heterocycles. The summed E-state index contributed by atoms with van der Waals surface area (Å²) in [6, 6.07) is 20.2. The first-order valence-electron chi connectivity index (χ1n) is 7.67. The molecule has 1 nitrogen and oxygen atoms in total. The molecule has 3 rings (SSSR count). The van der Waals surface area contributed by atoms with Crippen LogP contribution in [0.15, 0.2) is 72.3 Å². The van der Waals surface area contributed by atoms with Crippen molar-refractivity contribution in [2.75, 3.05) is 0 Å². The number of ketones is 1. The fraction of sp³-hybridized carbons (Fsp3) is 0.190. The van der Waals surface area contributed by atoms with E-state index in [4.69, 9.17) is 0 Å². The SMILES string of the molecule is O=C1CCC(Cc2ccccc2)C=C1C#Cc1ccccc1. The molecule has 0 saturated heterocycles. The standard InChI is InChI=1S/C21H18O/c22-21-14-12-19(15-18-9-5-2-6-10-18)16-20(21)13-11-17-7-3-1-4-8-17/h1-10,16,19H,12,14-15H2. The lowest BCUT2D eigenvalue weighted by molar-refractivity contribution is -0.115. The molecule has 1 heteroatoms. The maximum Gasteiger partial charge on any atom is 0.170 e. The van der Waals surface area contributed by atoms with Crippen molar-refractivity contribution in [3.05, 3.63) is 83.4 Å². The van der Waals surface area contributed by atoms with Gasteiger partial charge in [-0.3, -0.25) is 4.79 Å². The molecule has 0 saturated carbocycles. The summed E-state index contributed by atoms with van der Waals surface area (Å²) in [5, 5.41) is 0. The van der Waals surface area contributed by atoms with Gasteiger partial charge >= 0.3 is 0 Å². The summed E-state index contributed by atoms with van der Waals surface area (Å²) in [5.74, 6) is 6.73. The topological polar surface area (TPSA) is 17.1 Å². The highest BCUT2D eigenvalue weighted by atomic mass is 16.1. The zero-order valence-corrected chi connectivity index (χ0v) is 12.5. The molecule has 1 atom stereocenters. The fourth-order valence-corrected chi connectivity index (χ4v) is 2.71. The van der Waals surface area contributed by atoms with E-state index in [9.17, 15) is 4.79 Å². The molecule has 1 aliphatic carbocycles. The third kappa shape index (κ3) is 3.74. The number of rotatable bonds is 2. The van der Waals surface area contributed by atoms with Gasteiger partial charge in [0.05, 0.1) is 5.57 Å². The van der Waals surface area contributed by atoms with Crippen LogP contribution in [-0.4, -0.2) is 5.78 Å². The van der Waals surface area contributed by atoms with Crippen molar-refractivity contribution < 1.29 is 4.79 Å². The quantitative estimate of drug-likeness (QED) is 0.757. The Labute approximate surface area is 131 Å². The van der Waals surface area contributed by atoms with Gasteiger partial charge in [0, 0.05) is 12.0 Å². The molecule has 2 aromatic rings. The average molecular weight is 286 g/mol. The summed E-state index contributed by atoms with van der Waals surface area (Å²) in [6.45, 7) is 0. The minimum absolute atomic E-state index is 0.174. The van der Waals surface area contributed by atoms with E-state index in [-0.39, 0.29) is 5.78 Å². The first-order valence-corrected chi connectivity index (χ1v) is 7.67. The highest BCUT2D eigenvalue weighted by Gasteiger charge is 2.19. The molecule has 0 radical (unpaired) electrons. The zero-order chi connectivity index (χ0) is 15.2. The van der Waals surface area contributed by atoms with Crippen LogP contribution in [0.25, 0.3) is 0 Å². The summed E-state index contributed by atoms with van der Waals surface area (Å²) in [6.07, 6.45) is 4.57. The highest BCUT2D eigenvalue weighted by Crippen LogP contribution is 2.23. The summed E-state index contributed by atoms with van der Waals surface area (Å²) in [4.78, 5) is 12.0. The first-order chi connectivity index (χ1) is 10.8. The lowest BCUT2D eigenvalue weighted by atomic mass is 9.85. The Morgan fingerprint density at radius 1 is 0.909 bits per heavy atom. The van der Waals surface area contributed by atoms with Gasteiger partial charge in [-0.2, -0.15) is 0 Å². The Balaban J connectivity index is 1.77. The van der Waals surface area contributed by atoms with Crippen molar-refractivity contribution in [3.8, 4) is 11.8 Å². The van der Waals surface area contributed by atoms with E-state index in [1.54, 1.807) is 0 Å². The van der Waals surface area contributed by atoms with Crippen LogP contribution in [0.1, 0.15) is 24.0 Å². The average Bonchev–Trinajstić information content (AvgIpc) is 2.57. The van der Waals surface area contributed by atoms with Gasteiger partial charge in [0.25, 0.3) is 0 Å². The van der Waals surface area contributed by atoms with Crippen LogP contribution in [0.2, 0.25) is 0 Å². The van der Waals surface area contributed by atoms with E-state index in [1.165, 1.54) is 5.56 Å². The Morgan fingerprint density at radius 3 is 2.32 bits per heavy atom. The summed E-state index contributed by atoms with van der Waals surface area (Å²) in [5.41, 5.74) is 2.94. The minimum Gasteiger partial charge on any atom is -0.293 e. The summed E-state index contributed by atoms with van der Waals surface area (Å²) in [7, 11) is 0. The molecule has 0 N–H and O–H groups in total. The van der Waals surface area contributed by atoms with Gasteiger partial charge in [-0.15, -0.1) is 0 Å². The Hall–Kier alpha value is -2.59. The van der Waals surface area contributed by atoms with Crippen LogP contribution in [0.3, 0.4) is 0 Å². The van der Waals surface area contributed by atoms with Gasteiger partial charge in [0.2, 0.25) is 0 Å². The zero-order valence-electron chi connectivity index (χ0n) is 12.5. The molecule has 108 valence electrons. The number of benzene rings is 2. The molecule has 2 aromatic carbocycles. The molecule has 0 spiro atoms. The van der Waals surface area contributed by atoms with Crippen molar-refractivity contribution >= 4 is 5.78 Å². The van der Waals surface area contributed by atoms with E-state index in [0.717, 1.165) is 18.4 Å². The molecule has 0 bridgehead atoms. The lowest BCUT2D eigenvalue weighted by Gasteiger charge is -2.18. The van der Waals surface area contributed by atoms with Crippen molar-refractivity contribution in [3.63, 3.8) is 0 Å². The molecule has 0 aliphatic heterocycles. The van der Waals surface area contributed by atoms with Crippen LogP contribution < -0.4 is 0 Å². The Kier molecular flexibility index (Phi) is 4.51. The van der Waals surface area contributed by atoms with E-state index >= 15 is 0 Å². The molecular weight excluding hydrogens is 268 g/mol. The minimum atomic E-state index is 0.174. The predicted molar refractivity (Wildman–Crippen MR) is 89.3 cm³/mol. The second kappa shape index (κ2) is 6.91. The number of hydrogen-bond acceptors (Lipinski definition) is 1. The highest BCUT2D eigenvalue weighted by molar-refractivity contribution is 6.00. The number of carbonyl (C=O) groups is 1. The van der Waals surface area contributed by atoms with Gasteiger partial charge in [-0.1, -0.05) is 66.4 Å².